The molecule has 1 atom stereocenters. The van der Waals surface area contributed by atoms with E-state index in [-0.39, 0.29) is 0 Å². The monoisotopic (exact) mass is 295 g/mol. The van der Waals surface area contributed by atoms with Crippen molar-refractivity contribution in [1.29, 1.82) is 0 Å². The lowest BCUT2D eigenvalue weighted by molar-refractivity contribution is 0.122. The van der Waals surface area contributed by atoms with Gasteiger partial charge >= 0.3 is 0 Å². The summed E-state index contributed by atoms with van der Waals surface area (Å²) in [5.74, 6) is 0.819. The Morgan fingerprint density at radius 1 is 1.35 bits per heavy atom. The topological polar surface area (TPSA) is 32.5 Å². The van der Waals surface area contributed by atoms with Gasteiger partial charge in [-0.25, -0.2) is 0 Å². The molecule has 2 rings (SSSR count). The molecule has 1 aliphatic rings. The van der Waals surface area contributed by atoms with Gasteiger partial charge < -0.3 is 10.6 Å². The number of likely N-dealkylation sites (tertiary alicyclic amines) is 1. The van der Waals surface area contributed by atoms with E-state index in [1.54, 1.807) is 0 Å². The van der Waals surface area contributed by atoms with Crippen molar-refractivity contribution >= 4 is 11.6 Å². The molecular formula is C16H26ClN3. The molecule has 0 amide bonds. The van der Waals surface area contributed by atoms with E-state index in [2.05, 4.69) is 30.0 Å². The SMILES string of the molecule is CN(C)CC1CCN(C(CN)c2cccc(Cl)c2)CC1. The highest BCUT2D eigenvalue weighted by molar-refractivity contribution is 6.30. The van der Waals surface area contributed by atoms with Crippen LogP contribution in [-0.2, 0) is 0 Å². The summed E-state index contributed by atoms with van der Waals surface area (Å²) in [6.07, 6.45) is 2.52. The Kier molecular flexibility index (Phi) is 5.85. The first-order valence-electron chi connectivity index (χ1n) is 7.44. The van der Waals surface area contributed by atoms with E-state index in [9.17, 15) is 0 Å². The smallest absolute Gasteiger partial charge is 0.0470 e. The van der Waals surface area contributed by atoms with Crippen molar-refractivity contribution in [3.8, 4) is 0 Å². The van der Waals surface area contributed by atoms with Crippen LogP contribution in [-0.4, -0.2) is 50.1 Å². The fourth-order valence-electron chi connectivity index (χ4n) is 3.17. The first-order chi connectivity index (χ1) is 9.60. The molecule has 4 heteroatoms. The molecule has 20 heavy (non-hydrogen) atoms. The molecule has 2 N–H and O–H groups in total. The Balaban J connectivity index is 1.97. The minimum Gasteiger partial charge on any atom is -0.329 e. The number of halogens is 1. The number of hydrogen-bond donors (Lipinski definition) is 1. The third kappa shape index (κ3) is 4.19. The highest BCUT2D eigenvalue weighted by Crippen LogP contribution is 2.27. The second kappa shape index (κ2) is 7.41. The normalized spacial score (nSPS) is 19.4. The maximum Gasteiger partial charge on any atom is 0.0470 e. The number of hydrogen-bond acceptors (Lipinski definition) is 3. The molecule has 1 aromatic carbocycles. The first kappa shape index (κ1) is 15.8. The van der Waals surface area contributed by atoms with Gasteiger partial charge in [0.25, 0.3) is 0 Å². The Morgan fingerprint density at radius 3 is 2.60 bits per heavy atom. The minimum absolute atomic E-state index is 0.300. The second-order valence-corrected chi connectivity index (χ2v) is 6.48. The highest BCUT2D eigenvalue weighted by atomic mass is 35.5. The number of nitrogens with two attached hydrogens (primary N) is 1. The molecule has 1 unspecified atom stereocenters. The average molecular weight is 296 g/mol. The summed E-state index contributed by atoms with van der Waals surface area (Å²) in [6.45, 7) is 4.11. The van der Waals surface area contributed by atoms with Gasteiger partial charge in [0.05, 0.1) is 0 Å². The number of nitrogens with zero attached hydrogens (tertiary/aromatic N) is 2. The van der Waals surface area contributed by atoms with Crippen molar-refractivity contribution in [3.05, 3.63) is 34.9 Å². The standard InChI is InChI=1S/C16H26ClN3/c1-19(2)12-13-6-8-20(9-7-13)16(11-18)14-4-3-5-15(17)10-14/h3-5,10,13,16H,6-9,11-12,18H2,1-2H3. The zero-order valence-corrected chi connectivity index (χ0v) is 13.3. The van der Waals surface area contributed by atoms with Crippen molar-refractivity contribution in [2.75, 3.05) is 40.3 Å². The molecule has 0 aliphatic carbocycles. The molecule has 1 aromatic rings. The van der Waals surface area contributed by atoms with E-state index in [4.69, 9.17) is 17.3 Å². The maximum absolute atomic E-state index is 6.10. The van der Waals surface area contributed by atoms with Crippen LogP contribution in [0.25, 0.3) is 0 Å². The van der Waals surface area contributed by atoms with Gasteiger partial charge in [-0.2, -0.15) is 0 Å². The zero-order valence-electron chi connectivity index (χ0n) is 12.6. The Morgan fingerprint density at radius 2 is 2.05 bits per heavy atom. The van der Waals surface area contributed by atoms with Crippen LogP contribution in [0.5, 0.6) is 0 Å². The summed E-state index contributed by atoms with van der Waals surface area (Å²) in [4.78, 5) is 4.80. The van der Waals surface area contributed by atoms with Gasteiger partial charge in [0, 0.05) is 24.2 Å². The molecule has 1 fully saturated rings. The summed E-state index contributed by atoms with van der Waals surface area (Å²) >= 11 is 6.10. The third-order valence-electron chi connectivity index (χ3n) is 4.17. The van der Waals surface area contributed by atoms with Gasteiger partial charge in [-0.3, -0.25) is 4.90 Å². The van der Waals surface area contributed by atoms with E-state index in [1.807, 2.05) is 18.2 Å². The molecule has 3 nitrogen and oxygen atoms in total. The molecule has 0 radical (unpaired) electrons. The molecule has 0 spiro atoms. The minimum atomic E-state index is 0.300. The van der Waals surface area contributed by atoms with Gasteiger partial charge in [-0.05, 0) is 63.6 Å². The van der Waals surface area contributed by atoms with Crippen molar-refractivity contribution in [2.45, 2.75) is 18.9 Å². The van der Waals surface area contributed by atoms with Crippen LogP contribution >= 0.6 is 11.6 Å². The van der Waals surface area contributed by atoms with Crippen LogP contribution in [0.4, 0.5) is 0 Å². The first-order valence-corrected chi connectivity index (χ1v) is 7.82. The lowest BCUT2D eigenvalue weighted by atomic mass is 9.94. The van der Waals surface area contributed by atoms with Gasteiger partial charge in [-0.1, -0.05) is 23.7 Å². The third-order valence-corrected chi connectivity index (χ3v) is 4.41. The van der Waals surface area contributed by atoms with E-state index in [0.717, 1.165) is 24.0 Å². The second-order valence-electron chi connectivity index (χ2n) is 6.05. The Hall–Kier alpha value is -0.610. The summed E-state index contributed by atoms with van der Waals surface area (Å²) in [6, 6.07) is 8.41. The van der Waals surface area contributed by atoms with Crippen LogP contribution in [0.2, 0.25) is 5.02 Å². The van der Waals surface area contributed by atoms with Gasteiger partial charge in [0.1, 0.15) is 0 Å². The van der Waals surface area contributed by atoms with E-state index < -0.39 is 0 Å². The quantitative estimate of drug-likeness (QED) is 0.906. The van der Waals surface area contributed by atoms with E-state index >= 15 is 0 Å². The van der Waals surface area contributed by atoms with E-state index in [1.165, 1.54) is 24.9 Å². The van der Waals surface area contributed by atoms with Crippen LogP contribution < -0.4 is 5.73 Å². The number of benzene rings is 1. The van der Waals surface area contributed by atoms with Gasteiger partial charge in [0.2, 0.25) is 0 Å². The summed E-state index contributed by atoms with van der Waals surface area (Å²) in [7, 11) is 4.31. The lowest BCUT2D eigenvalue weighted by Crippen LogP contribution is -2.41. The maximum atomic E-state index is 6.10. The molecule has 1 aliphatic heterocycles. The summed E-state index contributed by atoms with van der Waals surface area (Å²) in [5, 5.41) is 0.795. The van der Waals surface area contributed by atoms with E-state index in [0.29, 0.717) is 12.6 Å². The Labute approximate surface area is 127 Å². The van der Waals surface area contributed by atoms with Gasteiger partial charge in [-0.15, -0.1) is 0 Å². The zero-order chi connectivity index (χ0) is 14.5. The van der Waals surface area contributed by atoms with Crippen LogP contribution in [0.15, 0.2) is 24.3 Å². The fourth-order valence-corrected chi connectivity index (χ4v) is 3.37. The van der Waals surface area contributed by atoms with Crippen molar-refractivity contribution in [1.82, 2.24) is 9.80 Å². The molecular weight excluding hydrogens is 270 g/mol. The molecule has 1 heterocycles. The summed E-state index contributed by atoms with van der Waals surface area (Å²) in [5.41, 5.74) is 7.25. The summed E-state index contributed by atoms with van der Waals surface area (Å²) < 4.78 is 0. The van der Waals surface area contributed by atoms with Crippen molar-refractivity contribution in [2.24, 2.45) is 11.7 Å². The van der Waals surface area contributed by atoms with Crippen molar-refractivity contribution < 1.29 is 0 Å². The lowest BCUT2D eigenvalue weighted by Gasteiger charge is -2.38. The molecule has 0 bridgehead atoms. The fraction of sp³-hybridized carbons (Fsp3) is 0.625. The molecule has 1 saturated heterocycles. The van der Waals surface area contributed by atoms with Crippen LogP contribution in [0.1, 0.15) is 24.4 Å². The average Bonchev–Trinajstić information content (AvgIpc) is 2.41. The number of piperidine rings is 1. The molecule has 112 valence electrons. The van der Waals surface area contributed by atoms with Gasteiger partial charge in [0.15, 0.2) is 0 Å². The van der Waals surface area contributed by atoms with Crippen LogP contribution in [0.3, 0.4) is 0 Å². The Bertz CT molecular complexity index is 414. The predicted molar refractivity (Wildman–Crippen MR) is 86.1 cm³/mol. The van der Waals surface area contributed by atoms with Crippen LogP contribution in [0, 0.1) is 5.92 Å². The molecule has 0 aromatic heterocycles. The highest BCUT2D eigenvalue weighted by Gasteiger charge is 2.25. The van der Waals surface area contributed by atoms with Crippen molar-refractivity contribution in [3.63, 3.8) is 0 Å². The largest absolute Gasteiger partial charge is 0.329 e. The predicted octanol–water partition coefficient (Wildman–Crippen LogP) is 2.61. The molecule has 0 saturated carbocycles. The number of rotatable bonds is 5.